The molecule has 8 nitrogen and oxygen atoms in total. The van der Waals surface area contributed by atoms with Crippen LogP contribution >= 0.6 is 11.3 Å². The molecule has 1 aromatic carbocycles. The van der Waals surface area contributed by atoms with Gasteiger partial charge in [-0.05, 0) is 49.7 Å². The average molecular weight is 490 g/mol. The number of amides is 1. The van der Waals surface area contributed by atoms with Crippen molar-refractivity contribution in [3.05, 3.63) is 35.0 Å². The highest BCUT2D eigenvalue weighted by molar-refractivity contribution is 7.19. The number of aliphatic imine (C=N–C) groups is 1. The van der Waals surface area contributed by atoms with Crippen molar-refractivity contribution >= 4 is 34.3 Å². The van der Waals surface area contributed by atoms with Crippen LogP contribution in [0.4, 0.5) is 13.8 Å². The van der Waals surface area contributed by atoms with Gasteiger partial charge in [0.2, 0.25) is 0 Å². The third-order valence-electron chi connectivity index (χ3n) is 6.28. The zero-order chi connectivity index (χ0) is 24.4. The molecule has 0 bridgehead atoms. The Hall–Kier alpha value is -2.92. The fourth-order valence-corrected chi connectivity index (χ4v) is 5.16. The first-order valence-electron chi connectivity index (χ1n) is 11.4. The third-order valence-corrected chi connectivity index (χ3v) is 7.18. The number of rotatable bonds is 6. The van der Waals surface area contributed by atoms with E-state index in [0.717, 1.165) is 56.2 Å². The number of benzene rings is 1. The second-order valence-electron chi connectivity index (χ2n) is 8.71. The number of nitrogens with zero attached hydrogens (tertiary/aromatic N) is 3. The molecule has 2 fully saturated rings. The van der Waals surface area contributed by atoms with Gasteiger partial charge < -0.3 is 27.1 Å². The first-order valence-corrected chi connectivity index (χ1v) is 12.2. The third kappa shape index (κ3) is 4.95. The fourth-order valence-electron chi connectivity index (χ4n) is 4.29. The van der Waals surface area contributed by atoms with Crippen LogP contribution in [-0.4, -0.2) is 60.1 Å². The summed E-state index contributed by atoms with van der Waals surface area (Å²) in [6, 6.07) is 2.00. The molecule has 0 spiro atoms. The van der Waals surface area contributed by atoms with Crippen LogP contribution in [-0.2, 0) is 0 Å². The van der Waals surface area contributed by atoms with Gasteiger partial charge in [-0.25, -0.2) is 13.8 Å². The lowest BCUT2D eigenvalue weighted by atomic mass is 10.1. The van der Waals surface area contributed by atoms with Crippen molar-refractivity contribution in [1.82, 2.24) is 15.2 Å². The monoisotopic (exact) mass is 489 g/mol. The molecular weight excluding hydrogens is 460 g/mol. The lowest BCUT2D eigenvalue weighted by Crippen LogP contribution is -2.50. The largest absolute Gasteiger partial charge is 0.389 e. The topological polar surface area (TPSA) is 133 Å². The van der Waals surface area contributed by atoms with Gasteiger partial charge in [-0.3, -0.25) is 9.79 Å². The molecule has 2 unspecified atom stereocenters. The summed E-state index contributed by atoms with van der Waals surface area (Å²) in [4.78, 5) is 23.6. The predicted molar refractivity (Wildman–Crippen MR) is 131 cm³/mol. The Morgan fingerprint density at radius 1 is 1.32 bits per heavy atom. The number of nitrogens with two attached hydrogens (primary N) is 2. The first-order chi connectivity index (χ1) is 16.3. The number of aromatic nitrogens is 1. The molecular formula is C23H29F2N7OS. The SMILES string of the molecule is CN=C(C(C=N)NC(=O)c1nc(-c2c(F)ccc(C3CC3)c2F)sc1N)N1CCCC(N)CC1. The van der Waals surface area contributed by atoms with Gasteiger partial charge in [0.1, 0.15) is 33.5 Å². The molecule has 1 saturated heterocycles. The number of nitrogens with one attached hydrogen (secondary N) is 2. The molecule has 1 saturated carbocycles. The standard InChI is InChI=1S/C23H29F2N7OS/c1-29-21(32-9-2-3-13(27)8-10-32)16(11-26)30-22(33)19-20(28)34-23(31-19)17-15(24)7-6-14(18(17)25)12-4-5-12/h6-7,11-13,16,26H,2-5,8-10,27-28H2,1H3,(H,30,33). The number of thiazole rings is 1. The van der Waals surface area contributed by atoms with Crippen LogP contribution in [0.1, 0.15) is 54.1 Å². The van der Waals surface area contributed by atoms with E-state index in [1.165, 1.54) is 12.1 Å². The number of carbonyl (C=O) groups excluding carboxylic acids is 1. The molecule has 1 aromatic heterocycles. The van der Waals surface area contributed by atoms with E-state index < -0.39 is 23.6 Å². The maximum Gasteiger partial charge on any atom is 0.273 e. The fraction of sp³-hybridized carbons (Fsp3) is 0.478. The van der Waals surface area contributed by atoms with Gasteiger partial charge in [-0.1, -0.05) is 17.4 Å². The molecule has 2 heterocycles. The Morgan fingerprint density at radius 3 is 2.76 bits per heavy atom. The van der Waals surface area contributed by atoms with E-state index >= 15 is 4.39 Å². The molecule has 34 heavy (non-hydrogen) atoms. The van der Waals surface area contributed by atoms with Gasteiger partial charge in [0.15, 0.2) is 5.69 Å². The van der Waals surface area contributed by atoms with Gasteiger partial charge in [0, 0.05) is 32.4 Å². The molecule has 0 radical (unpaired) electrons. The number of anilines is 1. The summed E-state index contributed by atoms with van der Waals surface area (Å²) in [5.41, 5.74) is 12.2. The van der Waals surface area contributed by atoms with Gasteiger partial charge >= 0.3 is 0 Å². The van der Waals surface area contributed by atoms with Gasteiger partial charge in [-0.15, -0.1) is 0 Å². The zero-order valence-electron chi connectivity index (χ0n) is 19.0. The van der Waals surface area contributed by atoms with Crippen LogP contribution in [0, 0.1) is 17.0 Å². The van der Waals surface area contributed by atoms with E-state index in [-0.39, 0.29) is 33.2 Å². The summed E-state index contributed by atoms with van der Waals surface area (Å²) in [5, 5.41) is 10.6. The number of amidine groups is 1. The number of nitrogen functional groups attached to an aromatic ring is 1. The van der Waals surface area contributed by atoms with E-state index in [1.54, 1.807) is 7.05 Å². The van der Waals surface area contributed by atoms with Crippen LogP contribution < -0.4 is 16.8 Å². The van der Waals surface area contributed by atoms with Crippen molar-refractivity contribution in [3.63, 3.8) is 0 Å². The lowest BCUT2D eigenvalue weighted by molar-refractivity contribution is 0.0949. The van der Waals surface area contributed by atoms with Crippen molar-refractivity contribution in [2.24, 2.45) is 10.7 Å². The number of hydrogen-bond donors (Lipinski definition) is 4. The highest BCUT2D eigenvalue weighted by Gasteiger charge is 2.31. The van der Waals surface area contributed by atoms with Crippen LogP contribution in [0.2, 0.25) is 0 Å². The molecule has 1 amide bonds. The molecule has 4 rings (SSSR count). The summed E-state index contributed by atoms with van der Waals surface area (Å²) in [6.07, 6.45) is 5.40. The Bertz CT molecular complexity index is 1110. The second-order valence-corrected chi connectivity index (χ2v) is 9.74. The number of carbonyl (C=O) groups is 1. The second kappa shape index (κ2) is 10.1. The minimum Gasteiger partial charge on any atom is -0.389 e. The molecule has 2 aliphatic rings. The highest BCUT2D eigenvalue weighted by atomic mass is 32.1. The highest BCUT2D eigenvalue weighted by Crippen LogP contribution is 2.44. The van der Waals surface area contributed by atoms with Crippen LogP contribution in [0.15, 0.2) is 17.1 Å². The van der Waals surface area contributed by atoms with Crippen molar-refractivity contribution < 1.29 is 13.6 Å². The summed E-state index contributed by atoms with van der Waals surface area (Å²) < 4.78 is 29.6. The maximum absolute atomic E-state index is 15.1. The summed E-state index contributed by atoms with van der Waals surface area (Å²) >= 11 is 0.859. The van der Waals surface area contributed by atoms with E-state index in [4.69, 9.17) is 16.9 Å². The number of halogens is 2. The molecule has 1 aliphatic carbocycles. The van der Waals surface area contributed by atoms with Crippen molar-refractivity contribution in [1.29, 1.82) is 5.41 Å². The summed E-state index contributed by atoms with van der Waals surface area (Å²) in [6.45, 7) is 1.40. The quantitative estimate of drug-likeness (QED) is 0.365. The summed E-state index contributed by atoms with van der Waals surface area (Å²) in [5.74, 6) is -1.41. The van der Waals surface area contributed by atoms with E-state index in [2.05, 4.69) is 15.3 Å². The molecule has 6 N–H and O–H groups in total. The van der Waals surface area contributed by atoms with Crippen molar-refractivity contribution in [2.45, 2.75) is 50.1 Å². The van der Waals surface area contributed by atoms with E-state index in [1.807, 2.05) is 4.90 Å². The summed E-state index contributed by atoms with van der Waals surface area (Å²) in [7, 11) is 1.61. The average Bonchev–Trinajstić information content (AvgIpc) is 3.60. The zero-order valence-corrected chi connectivity index (χ0v) is 19.8. The Labute approximate surface area is 201 Å². The van der Waals surface area contributed by atoms with Gasteiger partial charge in [-0.2, -0.15) is 0 Å². The van der Waals surface area contributed by atoms with Crippen molar-refractivity contribution in [2.75, 3.05) is 25.9 Å². The first kappa shape index (κ1) is 24.2. The lowest BCUT2D eigenvalue weighted by Gasteiger charge is -2.28. The number of likely N-dealkylation sites (tertiary alicyclic amines) is 1. The van der Waals surface area contributed by atoms with Gasteiger partial charge in [0.05, 0.1) is 5.56 Å². The molecule has 182 valence electrons. The number of hydrogen-bond acceptors (Lipinski definition) is 7. The van der Waals surface area contributed by atoms with Crippen LogP contribution in [0.5, 0.6) is 0 Å². The Kier molecular flexibility index (Phi) is 7.22. The normalized spacial score (nSPS) is 20.1. The molecule has 2 atom stereocenters. The predicted octanol–water partition coefficient (Wildman–Crippen LogP) is 3.14. The molecule has 2 aromatic rings. The Morgan fingerprint density at radius 2 is 2.09 bits per heavy atom. The Balaban J connectivity index is 1.56. The van der Waals surface area contributed by atoms with E-state index in [0.29, 0.717) is 17.9 Å². The molecule has 11 heteroatoms. The van der Waals surface area contributed by atoms with E-state index in [9.17, 15) is 9.18 Å². The van der Waals surface area contributed by atoms with Crippen LogP contribution in [0.25, 0.3) is 10.6 Å². The minimum absolute atomic E-state index is 0.0115. The van der Waals surface area contributed by atoms with Crippen LogP contribution in [0.3, 0.4) is 0 Å². The van der Waals surface area contributed by atoms with Gasteiger partial charge in [0.25, 0.3) is 5.91 Å². The maximum atomic E-state index is 15.1. The van der Waals surface area contributed by atoms with Crippen molar-refractivity contribution in [3.8, 4) is 10.6 Å². The smallest absolute Gasteiger partial charge is 0.273 e. The minimum atomic E-state index is -0.803. The molecule has 1 aliphatic heterocycles.